The molecule has 0 saturated carbocycles. The van der Waals surface area contributed by atoms with E-state index in [4.69, 9.17) is 11.5 Å². The summed E-state index contributed by atoms with van der Waals surface area (Å²) in [5.74, 6) is -1.06. The predicted octanol–water partition coefficient (Wildman–Crippen LogP) is -1.28. The number of Topliss-reactive ketones (excluding diaryl/α,β-unsaturated/α-hetero) is 2. The molecule has 6 nitrogen and oxygen atoms in total. The Morgan fingerprint density at radius 3 is 2.25 bits per heavy atom. The number of carbonyl (C=O) groups is 3. The molecule has 0 aromatic carbocycles. The summed E-state index contributed by atoms with van der Waals surface area (Å²) in [5, 5.41) is 2.74. The first-order chi connectivity index (χ1) is 7.38. The highest BCUT2D eigenvalue weighted by Gasteiger charge is 2.20. The highest BCUT2D eigenvalue weighted by Crippen LogP contribution is 2.01. The fourth-order valence-corrected chi connectivity index (χ4v) is 1.08. The number of nitrogens with one attached hydrogen (secondary N) is 1. The van der Waals surface area contributed by atoms with E-state index < -0.39 is 11.9 Å². The number of carbonyl (C=O) groups excluding carboxylic acids is 3. The maximum absolute atomic E-state index is 11.5. The van der Waals surface area contributed by atoms with Crippen molar-refractivity contribution >= 4 is 17.5 Å². The molecule has 0 aliphatic rings. The number of ketones is 2. The molecule has 0 bridgehead atoms. The Hall–Kier alpha value is -1.27. The van der Waals surface area contributed by atoms with E-state index in [0.29, 0.717) is 0 Å². The number of hydrogen-bond donors (Lipinski definition) is 3. The van der Waals surface area contributed by atoms with Crippen molar-refractivity contribution < 1.29 is 14.4 Å². The van der Waals surface area contributed by atoms with Gasteiger partial charge in [0, 0.05) is 6.42 Å². The zero-order chi connectivity index (χ0) is 12.7. The monoisotopic (exact) mass is 229 g/mol. The van der Waals surface area contributed by atoms with Gasteiger partial charge in [-0.15, -0.1) is 0 Å². The standard InChI is InChI=1S/C10H19N3O3/c1-6(13-2)8(14)5-9(15)7(11)3-4-10(12)16/h6-7,13H,3-5,11H2,1-2H3,(H2,12,16)/t6-,7-/m0/s1. The van der Waals surface area contributed by atoms with Crippen LogP contribution >= 0.6 is 0 Å². The number of amides is 1. The molecule has 0 aliphatic heterocycles. The summed E-state index contributed by atoms with van der Waals surface area (Å²) in [6.07, 6.45) is 0.0417. The first kappa shape index (κ1) is 14.7. The summed E-state index contributed by atoms with van der Waals surface area (Å²) in [7, 11) is 1.64. The fourth-order valence-electron chi connectivity index (χ4n) is 1.08. The van der Waals surface area contributed by atoms with Crippen molar-refractivity contribution in [3.8, 4) is 0 Å². The number of primary amides is 1. The van der Waals surface area contributed by atoms with Crippen molar-refractivity contribution in [2.75, 3.05) is 7.05 Å². The van der Waals surface area contributed by atoms with Crippen LogP contribution in [0.25, 0.3) is 0 Å². The molecule has 0 aliphatic carbocycles. The summed E-state index contributed by atoms with van der Waals surface area (Å²) in [5.41, 5.74) is 10.5. The van der Waals surface area contributed by atoms with E-state index in [2.05, 4.69) is 5.32 Å². The minimum absolute atomic E-state index is 0.0582. The zero-order valence-electron chi connectivity index (χ0n) is 9.66. The van der Waals surface area contributed by atoms with E-state index >= 15 is 0 Å². The molecule has 92 valence electrons. The predicted molar refractivity (Wildman–Crippen MR) is 59.6 cm³/mol. The third-order valence-electron chi connectivity index (χ3n) is 2.38. The minimum Gasteiger partial charge on any atom is -0.370 e. The van der Waals surface area contributed by atoms with Gasteiger partial charge in [0.25, 0.3) is 0 Å². The molecule has 0 aromatic heterocycles. The molecule has 2 atom stereocenters. The SMILES string of the molecule is CN[C@@H](C)C(=O)CC(=O)[C@@H](N)CCC(N)=O. The Morgan fingerprint density at radius 2 is 1.81 bits per heavy atom. The van der Waals surface area contributed by atoms with E-state index in [1.54, 1.807) is 14.0 Å². The quantitative estimate of drug-likeness (QED) is 0.448. The third-order valence-corrected chi connectivity index (χ3v) is 2.38. The molecule has 0 radical (unpaired) electrons. The van der Waals surface area contributed by atoms with Crippen LogP contribution in [-0.4, -0.2) is 36.6 Å². The van der Waals surface area contributed by atoms with Gasteiger partial charge in [-0.1, -0.05) is 0 Å². The lowest BCUT2D eigenvalue weighted by molar-refractivity contribution is -0.128. The number of likely N-dealkylation sites (N-methyl/N-ethyl adjacent to an activating group) is 1. The zero-order valence-corrected chi connectivity index (χ0v) is 9.66. The van der Waals surface area contributed by atoms with Crippen LogP contribution in [0.15, 0.2) is 0 Å². The first-order valence-electron chi connectivity index (χ1n) is 5.15. The van der Waals surface area contributed by atoms with Gasteiger partial charge in [0.15, 0.2) is 11.6 Å². The minimum atomic E-state index is -0.791. The highest BCUT2D eigenvalue weighted by atomic mass is 16.2. The van der Waals surface area contributed by atoms with Crippen molar-refractivity contribution in [3.05, 3.63) is 0 Å². The van der Waals surface area contributed by atoms with Crippen LogP contribution in [0, 0.1) is 0 Å². The molecule has 5 N–H and O–H groups in total. The fraction of sp³-hybridized carbons (Fsp3) is 0.700. The largest absolute Gasteiger partial charge is 0.370 e. The molecule has 0 unspecified atom stereocenters. The van der Waals surface area contributed by atoms with Gasteiger partial charge in [0.2, 0.25) is 5.91 Å². The highest BCUT2D eigenvalue weighted by molar-refractivity contribution is 6.03. The summed E-state index contributed by atoms with van der Waals surface area (Å²) in [6, 6.07) is -1.16. The van der Waals surface area contributed by atoms with Gasteiger partial charge in [0.05, 0.1) is 18.5 Å². The van der Waals surface area contributed by atoms with Crippen molar-refractivity contribution in [3.63, 3.8) is 0 Å². The van der Waals surface area contributed by atoms with Gasteiger partial charge in [-0.2, -0.15) is 0 Å². The van der Waals surface area contributed by atoms with Crippen LogP contribution in [0.1, 0.15) is 26.2 Å². The number of rotatable bonds is 8. The van der Waals surface area contributed by atoms with Gasteiger partial charge in [0.1, 0.15) is 0 Å². The summed E-state index contributed by atoms with van der Waals surface area (Å²) in [6.45, 7) is 1.67. The topological polar surface area (TPSA) is 115 Å². The molecule has 0 rings (SSSR count). The van der Waals surface area contributed by atoms with Crippen LogP contribution in [0.2, 0.25) is 0 Å². The number of hydrogen-bond acceptors (Lipinski definition) is 5. The van der Waals surface area contributed by atoms with Crippen molar-refractivity contribution in [1.29, 1.82) is 0 Å². The molecular weight excluding hydrogens is 210 g/mol. The molecule has 0 spiro atoms. The molecule has 0 saturated heterocycles. The van der Waals surface area contributed by atoms with Gasteiger partial charge >= 0.3 is 0 Å². The lowest BCUT2D eigenvalue weighted by Gasteiger charge is -2.11. The summed E-state index contributed by atoms with van der Waals surface area (Å²) >= 11 is 0. The second kappa shape index (κ2) is 7.08. The lowest BCUT2D eigenvalue weighted by atomic mass is 10.0. The maximum Gasteiger partial charge on any atom is 0.217 e. The van der Waals surface area contributed by atoms with E-state index in [1.807, 2.05) is 0 Å². The summed E-state index contributed by atoms with van der Waals surface area (Å²) < 4.78 is 0. The smallest absolute Gasteiger partial charge is 0.217 e. The van der Waals surface area contributed by atoms with E-state index in [9.17, 15) is 14.4 Å². The molecule has 0 fully saturated rings. The Morgan fingerprint density at radius 1 is 1.25 bits per heavy atom. The Labute approximate surface area is 94.7 Å². The van der Waals surface area contributed by atoms with E-state index in [-0.39, 0.29) is 36.9 Å². The van der Waals surface area contributed by atoms with Crippen LogP contribution in [0.4, 0.5) is 0 Å². The summed E-state index contributed by atoms with van der Waals surface area (Å²) in [4.78, 5) is 33.3. The Balaban J connectivity index is 4.05. The number of nitrogens with two attached hydrogens (primary N) is 2. The normalized spacial score (nSPS) is 14.2. The van der Waals surface area contributed by atoms with Crippen molar-refractivity contribution in [2.45, 2.75) is 38.3 Å². The maximum atomic E-state index is 11.5. The van der Waals surface area contributed by atoms with Crippen LogP contribution in [0.3, 0.4) is 0 Å². The van der Waals surface area contributed by atoms with Crippen LogP contribution in [-0.2, 0) is 14.4 Å². The van der Waals surface area contributed by atoms with Gasteiger partial charge in [-0.25, -0.2) is 0 Å². The Kier molecular flexibility index (Phi) is 6.52. The second-order valence-corrected chi connectivity index (χ2v) is 3.73. The second-order valence-electron chi connectivity index (χ2n) is 3.73. The molecule has 1 amide bonds. The van der Waals surface area contributed by atoms with Crippen molar-refractivity contribution in [2.24, 2.45) is 11.5 Å². The van der Waals surface area contributed by atoms with Crippen LogP contribution in [0.5, 0.6) is 0 Å². The molecule has 0 heterocycles. The van der Waals surface area contributed by atoms with E-state index in [1.165, 1.54) is 0 Å². The first-order valence-corrected chi connectivity index (χ1v) is 5.15. The molecule has 16 heavy (non-hydrogen) atoms. The molecular formula is C10H19N3O3. The molecule has 6 heteroatoms. The van der Waals surface area contributed by atoms with Gasteiger partial charge in [-0.3, -0.25) is 14.4 Å². The van der Waals surface area contributed by atoms with Gasteiger partial charge < -0.3 is 16.8 Å². The third kappa shape index (κ3) is 5.57. The lowest BCUT2D eigenvalue weighted by Crippen LogP contribution is -2.37. The molecule has 0 aromatic rings. The average molecular weight is 229 g/mol. The van der Waals surface area contributed by atoms with Gasteiger partial charge in [-0.05, 0) is 20.4 Å². The van der Waals surface area contributed by atoms with Crippen LogP contribution < -0.4 is 16.8 Å². The van der Waals surface area contributed by atoms with Crippen molar-refractivity contribution in [1.82, 2.24) is 5.32 Å². The Bertz CT molecular complexity index is 278. The average Bonchev–Trinajstić information content (AvgIpc) is 2.24. The van der Waals surface area contributed by atoms with E-state index in [0.717, 1.165) is 0 Å².